The van der Waals surface area contributed by atoms with Crippen LogP contribution >= 0.6 is 23.1 Å². The second-order valence-electron chi connectivity index (χ2n) is 5.78. The first-order valence-electron chi connectivity index (χ1n) is 7.84. The van der Waals surface area contributed by atoms with Crippen molar-refractivity contribution in [2.75, 3.05) is 5.75 Å². The van der Waals surface area contributed by atoms with Crippen molar-refractivity contribution in [2.45, 2.75) is 25.1 Å². The summed E-state index contributed by atoms with van der Waals surface area (Å²) in [4.78, 5) is 29.9. The van der Waals surface area contributed by atoms with Crippen molar-refractivity contribution in [1.82, 2.24) is 9.55 Å². The average Bonchev–Trinajstić information content (AvgIpc) is 3.01. The van der Waals surface area contributed by atoms with E-state index in [9.17, 15) is 9.59 Å². The number of carbonyl (C=O) groups excluding carboxylic acids is 1. The Balaban J connectivity index is 1.92. The lowest BCUT2D eigenvalue weighted by Gasteiger charge is -2.09. The van der Waals surface area contributed by atoms with Crippen molar-refractivity contribution < 1.29 is 9.53 Å². The maximum absolute atomic E-state index is 12.6. The maximum atomic E-state index is 12.6. The van der Waals surface area contributed by atoms with E-state index in [0.717, 1.165) is 10.4 Å². The molecule has 0 aliphatic rings. The van der Waals surface area contributed by atoms with Gasteiger partial charge in [-0.25, -0.2) is 4.98 Å². The van der Waals surface area contributed by atoms with Gasteiger partial charge in [-0.15, -0.1) is 11.3 Å². The van der Waals surface area contributed by atoms with Crippen LogP contribution in [0.3, 0.4) is 0 Å². The monoisotopic (exact) mass is 374 g/mol. The standard InChI is InChI=1S/C18H18N2O3S2/c1-11(2)23-15(21)10-24-18-19-13-9-14(12-7-5-4-6-8-12)25-16(13)17(22)20(18)3/h4-9,11H,10H2,1-3H3. The molecule has 5 nitrogen and oxygen atoms in total. The summed E-state index contributed by atoms with van der Waals surface area (Å²) in [5.74, 6) is -0.190. The Bertz CT molecular complexity index is 962. The molecule has 7 heteroatoms. The van der Waals surface area contributed by atoms with Crippen LogP contribution in [0.4, 0.5) is 0 Å². The Labute approximate surface area is 153 Å². The van der Waals surface area contributed by atoms with Crippen LogP contribution in [0.25, 0.3) is 20.7 Å². The van der Waals surface area contributed by atoms with Gasteiger partial charge in [-0.05, 0) is 25.5 Å². The molecular weight excluding hydrogens is 356 g/mol. The molecular formula is C18H18N2O3S2. The molecule has 3 aromatic rings. The van der Waals surface area contributed by atoms with Gasteiger partial charge in [0, 0.05) is 11.9 Å². The minimum absolute atomic E-state index is 0.100. The van der Waals surface area contributed by atoms with Crippen molar-refractivity contribution in [3.8, 4) is 10.4 Å². The van der Waals surface area contributed by atoms with E-state index in [-0.39, 0.29) is 23.4 Å². The zero-order valence-electron chi connectivity index (χ0n) is 14.2. The number of hydrogen-bond donors (Lipinski definition) is 0. The van der Waals surface area contributed by atoms with Crippen LogP contribution in [0, 0.1) is 0 Å². The highest BCUT2D eigenvalue weighted by atomic mass is 32.2. The van der Waals surface area contributed by atoms with E-state index in [1.165, 1.54) is 27.7 Å². The highest BCUT2D eigenvalue weighted by Crippen LogP contribution is 2.31. The molecule has 2 heterocycles. The topological polar surface area (TPSA) is 61.2 Å². The molecule has 0 bridgehead atoms. The molecule has 0 spiro atoms. The van der Waals surface area contributed by atoms with Crippen LogP contribution < -0.4 is 5.56 Å². The lowest BCUT2D eigenvalue weighted by Crippen LogP contribution is -2.20. The van der Waals surface area contributed by atoms with Gasteiger partial charge in [0.1, 0.15) is 4.70 Å². The Morgan fingerprint density at radius 2 is 2.04 bits per heavy atom. The van der Waals surface area contributed by atoms with E-state index in [2.05, 4.69) is 4.98 Å². The molecule has 25 heavy (non-hydrogen) atoms. The lowest BCUT2D eigenvalue weighted by molar-refractivity contribution is -0.144. The number of rotatable bonds is 5. The third kappa shape index (κ3) is 3.93. The maximum Gasteiger partial charge on any atom is 0.316 e. The number of nitrogens with zero attached hydrogens (tertiary/aromatic N) is 2. The second kappa shape index (κ2) is 7.41. The van der Waals surface area contributed by atoms with Gasteiger partial charge in [0.25, 0.3) is 5.56 Å². The average molecular weight is 374 g/mol. The van der Waals surface area contributed by atoms with Crippen LogP contribution in [0.5, 0.6) is 0 Å². The number of aromatic nitrogens is 2. The minimum Gasteiger partial charge on any atom is -0.462 e. The van der Waals surface area contributed by atoms with Gasteiger partial charge in [0.15, 0.2) is 5.16 Å². The molecule has 0 aliphatic heterocycles. The zero-order valence-corrected chi connectivity index (χ0v) is 15.8. The smallest absolute Gasteiger partial charge is 0.316 e. The van der Waals surface area contributed by atoms with Crippen molar-refractivity contribution in [2.24, 2.45) is 7.05 Å². The molecule has 0 atom stereocenters. The number of thioether (sulfide) groups is 1. The molecule has 2 aromatic heterocycles. The van der Waals surface area contributed by atoms with Crippen LogP contribution in [0.15, 0.2) is 46.3 Å². The third-order valence-electron chi connectivity index (χ3n) is 3.46. The molecule has 3 rings (SSSR count). The molecule has 0 aliphatic carbocycles. The lowest BCUT2D eigenvalue weighted by atomic mass is 10.2. The Kier molecular flexibility index (Phi) is 5.24. The normalized spacial score (nSPS) is 11.2. The Hall–Kier alpha value is -2.12. The number of ether oxygens (including phenoxy) is 1. The first kappa shape index (κ1) is 17.7. The fraction of sp³-hybridized carbons (Fsp3) is 0.278. The van der Waals surface area contributed by atoms with Crippen molar-refractivity contribution in [3.05, 3.63) is 46.8 Å². The fourth-order valence-corrected chi connectivity index (χ4v) is 4.16. The van der Waals surface area contributed by atoms with Crippen molar-refractivity contribution in [1.29, 1.82) is 0 Å². The Morgan fingerprint density at radius 3 is 2.72 bits per heavy atom. The second-order valence-corrected chi connectivity index (χ2v) is 7.77. The van der Waals surface area contributed by atoms with Crippen LogP contribution in [0.1, 0.15) is 13.8 Å². The predicted molar refractivity (Wildman–Crippen MR) is 102 cm³/mol. The van der Waals surface area contributed by atoms with E-state index in [1.54, 1.807) is 20.9 Å². The van der Waals surface area contributed by atoms with Gasteiger partial charge in [-0.2, -0.15) is 0 Å². The van der Waals surface area contributed by atoms with Crippen molar-refractivity contribution >= 4 is 39.3 Å². The van der Waals surface area contributed by atoms with Gasteiger partial charge in [0.05, 0.1) is 17.4 Å². The first-order valence-corrected chi connectivity index (χ1v) is 9.64. The van der Waals surface area contributed by atoms with E-state index >= 15 is 0 Å². The van der Waals surface area contributed by atoms with Crippen LogP contribution in [-0.2, 0) is 16.6 Å². The predicted octanol–water partition coefficient (Wildman–Crippen LogP) is 3.71. The molecule has 0 amide bonds. The van der Waals surface area contributed by atoms with Gasteiger partial charge in [-0.3, -0.25) is 14.2 Å². The fourth-order valence-electron chi connectivity index (χ4n) is 2.33. The van der Waals surface area contributed by atoms with Crippen LogP contribution in [-0.4, -0.2) is 27.4 Å². The van der Waals surface area contributed by atoms with Gasteiger partial charge in [-0.1, -0.05) is 42.1 Å². The largest absolute Gasteiger partial charge is 0.462 e. The first-order chi connectivity index (χ1) is 12.0. The SMILES string of the molecule is CC(C)OC(=O)CSc1nc2cc(-c3ccccc3)sc2c(=O)n1C. The summed E-state index contributed by atoms with van der Waals surface area (Å²) in [5, 5.41) is 0.510. The van der Waals surface area contributed by atoms with E-state index in [1.807, 2.05) is 36.4 Å². The molecule has 1 aromatic carbocycles. The Morgan fingerprint density at radius 1 is 1.32 bits per heavy atom. The van der Waals surface area contributed by atoms with Gasteiger partial charge < -0.3 is 4.74 Å². The quantitative estimate of drug-likeness (QED) is 0.387. The summed E-state index contributed by atoms with van der Waals surface area (Å²) in [6.45, 7) is 3.61. The summed E-state index contributed by atoms with van der Waals surface area (Å²) in [6, 6.07) is 11.8. The number of benzene rings is 1. The third-order valence-corrected chi connectivity index (χ3v) is 5.62. The number of esters is 1. The number of carbonyl (C=O) groups is 1. The summed E-state index contributed by atoms with van der Waals surface area (Å²) in [5.41, 5.74) is 1.62. The van der Waals surface area contributed by atoms with E-state index in [0.29, 0.717) is 15.4 Å². The molecule has 0 radical (unpaired) electrons. The van der Waals surface area contributed by atoms with Gasteiger partial charge >= 0.3 is 5.97 Å². The van der Waals surface area contributed by atoms with Crippen molar-refractivity contribution in [3.63, 3.8) is 0 Å². The summed E-state index contributed by atoms with van der Waals surface area (Å²) in [6.07, 6.45) is -0.155. The summed E-state index contributed by atoms with van der Waals surface area (Å²) < 4.78 is 7.23. The summed E-state index contributed by atoms with van der Waals surface area (Å²) >= 11 is 2.65. The number of fused-ring (bicyclic) bond motifs is 1. The number of hydrogen-bond acceptors (Lipinski definition) is 6. The van der Waals surface area contributed by atoms with E-state index < -0.39 is 0 Å². The van der Waals surface area contributed by atoms with Gasteiger partial charge in [0.2, 0.25) is 0 Å². The molecule has 0 N–H and O–H groups in total. The number of thiophene rings is 1. The molecule has 0 saturated carbocycles. The highest BCUT2D eigenvalue weighted by Gasteiger charge is 2.15. The minimum atomic E-state index is -0.315. The molecule has 0 unspecified atom stereocenters. The highest BCUT2D eigenvalue weighted by molar-refractivity contribution is 7.99. The molecule has 0 saturated heterocycles. The molecule has 130 valence electrons. The molecule has 0 fully saturated rings. The summed E-state index contributed by atoms with van der Waals surface area (Å²) in [7, 11) is 1.67. The van der Waals surface area contributed by atoms with E-state index in [4.69, 9.17) is 4.74 Å². The zero-order chi connectivity index (χ0) is 18.0. The van der Waals surface area contributed by atoms with Crippen LogP contribution in [0.2, 0.25) is 0 Å².